The van der Waals surface area contributed by atoms with Crippen LogP contribution in [-0.2, 0) is 0 Å². The molecule has 21 heavy (non-hydrogen) atoms. The van der Waals surface area contributed by atoms with Gasteiger partial charge in [0.05, 0.1) is 0 Å². The smallest absolute Gasteiger partial charge is 0.123 e. The van der Waals surface area contributed by atoms with Crippen molar-refractivity contribution in [1.29, 1.82) is 0 Å². The SMILES string of the molecule is Cc1ccccc1C(c1ccccc1)c1ccc(F)cc1. The number of halogens is 1. The van der Waals surface area contributed by atoms with E-state index in [0.29, 0.717) is 0 Å². The first-order chi connectivity index (χ1) is 10.3. The molecule has 3 rings (SSSR count). The number of rotatable bonds is 3. The molecule has 0 radical (unpaired) electrons. The summed E-state index contributed by atoms with van der Waals surface area (Å²) in [6.45, 7) is 2.12. The summed E-state index contributed by atoms with van der Waals surface area (Å²) in [4.78, 5) is 0. The van der Waals surface area contributed by atoms with Gasteiger partial charge < -0.3 is 0 Å². The van der Waals surface area contributed by atoms with Gasteiger partial charge in [-0.3, -0.25) is 0 Å². The Morgan fingerprint density at radius 2 is 1.24 bits per heavy atom. The molecule has 1 unspecified atom stereocenters. The van der Waals surface area contributed by atoms with Gasteiger partial charge in [0.15, 0.2) is 0 Å². The Morgan fingerprint density at radius 3 is 1.90 bits per heavy atom. The van der Waals surface area contributed by atoms with Crippen molar-refractivity contribution in [2.45, 2.75) is 12.8 Å². The maximum Gasteiger partial charge on any atom is 0.123 e. The fourth-order valence-corrected chi connectivity index (χ4v) is 2.76. The van der Waals surface area contributed by atoms with Crippen LogP contribution in [-0.4, -0.2) is 0 Å². The molecule has 0 aliphatic carbocycles. The number of hydrogen-bond acceptors (Lipinski definition) is 0. The van der Waals surface area contributed by atoms with Gasteiger partial charge in [-0.2, -0.15) is 0 Å². The fourth-order valence-electron chi connectivity index (χ4n) is 2.76. The second-order valence-corrected chi connectivity index (χ2v) is 5.25. The summed E-state index contributed by atoms with van der Waals surface area (Å²) < 4.78 is 13.2. The topological polar surface area (TPSA) is 0 Å². The molecule has 0 amide bonds. The lowest BCUT2D eigenvalue weighted by atomic mass is 9.83. The van der Waals surface area contributed by atoms with Crippen molar-refractivity contribution >= 4 is 0 Å². The Labute approximate surface area is 124 Å². The van der Waals surface area contributed by atoms with Gasteiger partial charge in [-0.25, -0.2) is 4.39 Å². The van der Waals surface area contributed by atoms with Gasteiger partial charge in [-0.05, 0) is 41.3 Å². The molecule has 3 aromatic rings. The van der Waals surface area contributed by atoms with Crippen LogP contribution in [0.15, 0.2) is 78.9 Å². The molecule has 0 aromatic heterocycles. The maximum atomic E-state index is 13.2. The van der Waals surface area contributed by atoms with Crippen LogP contribution in [0.2, 0.25) is 0 Å². The zero-order valence-corrected chi connectivity index (χ0v) is 12.0. The molecule has 1 heteroatoms. The molecule has 104 valence electrons. The van der Waals surface area contributed by atoms with Crippen LogP contribution in [0.25, 0.3) is 0 Å². The quantitative estimate of drug-likeness (QED) is 0.568. The van der Waals surface area contributed by atoms with Crippen LogP contribution in [0.1, 0.15) is 28.2 Å². The Kier molecular flexibility index (Phi) is 3.83. The molecule has 0 bridgehead atoms. The highest BCUT2D eigenvalue weighted by atomic mass is 19.1. The summed E-state index contributed by atoms with van der Waals surface area (Å²) in [5, 5.41) is 0. The lowest BCUT2D eigenvalue weighted by molar-refractivity contribution is 0.627. The highest BCUT2D eigenvalue weighted by Crippen LogP contribution is 2.33. The van der Waals surface area contributed by atoms with E-state index in [1.807, 2.05) is 36.4 Å². The third-order valence-corrected chi connectivity index (χ3v) is 3.84. The van der Waals surface area contributed by atoms with E-state index in [4.69, 9.17) is 0 Å². The van der Waals surface area contributed by atoms with E-state index in [9.17, 15) is 4.39 Å². The van der Waals surface area contributed by atoms with E-state index >= 15 is 0 Å². The molecule has 0 N–H and O–H groups in total. The van der Waals surface area contributed by atoms with E-state index in [1.54, 1.807) is 0 Å². The highest BCUT2D eigenvalue weighted by molar-refractivity contribution is 5.45. The van der Waals surface area contributed by atoms with E-state index < -0.39 is 0 Å². The summed E-state index contributed by atoms with van der Waals surface area (Å²) in [6.07, 6.45) is 0. The molecule has 1 atom stereocenters. The summed E-state index contributed by atoms with van der Waals surface area (Å²) in [6, 6.07) is 25.5. The third-order valence-electron chi connectivity index (χ3n) is 3.84. The average Bonchev–Trinajstić information content (AvgIpc) is 2.52. The minimum atomic E-state index is -0.199. The molecule has 0 aliphatic heterocycles. The third kappa shape index (κ3) is 2.87. The zero-order valence-electron chi connectivity index (χ0n) is 12.0. The van der Waals surface area contributed by atoms with Crippen LogP contribution in [0.3, 0.4) is 0 Å². The van der Waals surface area contributed by atoms with Crippen LogP contribution in [0.4, 0.5) is 4.39 Å². The number of aryl methyl sites for hydroxylation is 1. The Morgan fingerprint density at radius 1 is 0.667 bits per heavy atom. The lowest BCUT2D eigenvalue weighted by Gasteiger charge is -2.20. The first kappa shape index (κ1) is 13.6. The van der Waals surface area contributed by atoms with Gasteiger partial charge in [0.2, 0.25) is 0 Å². The summed E-state index contributed by atoms with van der Waals surface area (Å²) >= 11 is 0. The monoisotopic (exact) mass is 276 g/mol. The first-order valence-electron chi connectivity index (χ1n) is 7.11. The van der Waals surface area contributed by atoms with Crippen molar-refractivity contribution in [3.05, 3.63) is 107 Å². The minimum Gasteiger partial charge on any atom is -0.207 e. The van der Waals surface area contributed by atoms with E-state index in [-0.39, 0.29) is 11.7 Å². The lowest BCUT2D eigenvalue weighted by Crippen LogP contribution is -2.05. The Balaban J connectivity index is 2.16. The first-order valence-corrected chi connectivity index (χ1v) is 7.11. The number of hydrogen-bond donors (Lipinski definition) is 0. The predicted molar refractivity (Wildman–Crippen MR) is 85.0 cm³/mol. The molecular weight excluding hydrogens is 259 g/mol. The van der Waals surface area contributed by atoms with Gasteiger partial charge in [0.1, 0.15) is 5.82 Å². The molecule has 0 aliphatic rings. The summed E-state index contributed by atoms with van der Waals surface area (Å²) in [7, 11) is 0. The average molecular weight is 276 g/mol. The second kappa shape index (κ2) is 5.92. The van der Waals surface area contributed by atoms with Crippen molar-refractivity contribution < 1.29 is 4.39 Å². The zero-order chi connectivity index (χ0) is 14.7. The van der Waals surface area contributed by atoms with Gasteiger partial charge in [-0.1, -0.05) is 66.7 Å². The predicted octanol–water partition coefficient (Wildman–Crippen LogP) is 5.31. The van der Waals surface area contributed by atoms with Gasteiger partial charge >= 0.3 is 0 Å². The Bertz CT molecular complexity index is 714. The molecule has 3 aromatic carbocycles. The van der Waals surface area contributed by atoms with Crippen molar-refractivity contribution in [2.75, 3.05) is 0 Å². The van der Waals surface area contributed by atoms with Crippen molar-refractivity contribution in [3.8, 4) is 0 Å². The van der Waals surface area contributed by atoms with Gasteiger partial charge in [0, 0.05) is 5.92 Å². The van der Waals surface area contributed by atoms with Crippen LogP contribution in [0, 0.1) is 12.7 Å². The Hall–Kier alpha value is -2.41. The van der Waals surface area contributed by atoms with Crippen molar-refractivity contribution in [1.82, 2.24) is 0 Å². The largest absolute Gasteiger partial charge is 0.207 e. The molecule has 0 nitrogen and oxygen atoms in total. The van der Waals surface area contributed by atoms with Gasteiger partial charge in [-0.15, -0.1) is 0 Å². The molecular formula is C20H17F. The maximum absolute atomic E-state index is 13.2. The molecule has 0 saturated carbocycles. The highest BCUT2D eigenvalue weighted by Gasteiger charge is 2.17. The summed E-state index contributed by atoms with van der Waals surface area (Å²) in [5.41, 5.74) is 4.83. The molecule has 0 fully saturated rings. The van der Waals surface area contributed by atoms with Crippen LogP contribution in [0.5, 0.6) is 0 Å². The van der Waals surface area contributed by atoms with Crippen LogP contribution < -0.4 is 0 Å². The fraction of sp³-hybridized carbons (Fsp3) is 0.100. The minimum absolute atomic E-state index is 0.132. The van der Waals surface area contributed by atoms with E-state index in [2.05, 4.69) is 37.3 Å². The molecule has 0 spiro atoms. The second-order valence-electron chi connectivity index (χ2n) is 5.25. The standard InChI is InChI=1S/C20H17F/c1-15-7-5-6-10-19(15)20(16-8-3-2-4-9-16)17-11-13-18(21)14-12-17/h2-14,20H,1H3. The van der Waals surface area contributed by atoms with Crippen molar-refractivity contribution in [3.63, 3.8) is 0 Å². The van der Waals surface area contributed by atoms with Gasteiger partial charge in [0.25, 0.3) is 0 Å². The summed E-state index contributed by atoms with van der Waals surface area (Å²) in [5.74, 6) is -0.0663. The van der Waals surface area contributed by atoms with Crippen molar-refractivity contribution in [2.24, 2.45) is 0 Å². The molecule has 0 saturated heterocycles. The van der Waals surface area contributed by atoms with E-state index in [0.717, 1.165) is 5.56 Å². The normalized spacial score (nSPS) is 12.1. The number of benzene rings is 3. The molecule has 0 heterocycles. The van der Waals surface area contributed by atoms with E-state index in [1.165, 1.54) is 28.8 Å². The van der Waals surface area contributed by atoms with Crippen LogP contribution >= 0.6 is 0 Å².